The summed E-state index contributed by atoms with van der Waals surface area (Å²) < 4.78 is 25.2. The molecular formula is C25H26FN5O3. The lowest BCUT2D eigenvalue weighted by Gasteiger charge is -2.27. The van der Waals surface area contributed by atoms with Crippen LogP contribution < -0.4 is 0 Å². The summed E-state index contributed by atoms with van der Waals surface area (Å²) in [5, 5.41) is 0.806. The molecule has 176 valence electrons. The molecule has 1 aromatic carbocycles. The van der Waals surface area contributed by atoms with Crippen LogP contribution in [0.4, 0.5) is 4.39 Å². The second-order valence-electron chi connectivity index (χ2n) is 8.16. The van der Waals surface area contributed by atoms with Crippen LogP contribution in [-0.4, -0.2) is 36.9 Å². The van der Waals surface area contributed by atoms with E-state index in [-0.39, 0.29) is 11.7 Å². The Balaban J connectivity index is 0.000000226. The lowest BCUT2D eigenvalue weighted by Crippen LogP contribution is -2.37. The zero-order valence-corrected chi connectivity index (χ0v) is 19.3. The highest BCUT2D eigenvalue weighted by Gasteiger charge is 2.27. The third-order valence-corrected chi connectivity index (χ3v) is 5.36. The van der Waals surface area contributed by atoms with Gasteiger partial charge in [-0.25, -0.2) is 14.4 Å². The molecule has 0 saturated heterocycles. The molecule has 4 heterocycles. The van der Waals surface area contributed by atoms with Crippen molar-refractivity contribution < 1.29 is 18.3 Å². The van der Waals surface area contributed by atoms with Gasteiger partial charge in [-0.05, 0) is 31.6 Å². The highest BCUT2D eigenvalue weighted by molar-refractivity contribution is 5.93. The number of aromatic amines is 1. The number of hydrogen-bond acceptors (Lipinski definition) is 5. The van der Waals surface area contributed by atoms with E-state index in [9.17, 15) is 9.18 Å². The molecule has 0 unspecified atom stereocenters. The van der Waals surface area contributed by atoms with Crippen molar-refractivity contribution in [3.8, 4) is 0 Å². The first kappa shape index (κ1) is 23.0. The molecule has 0 saturated carbocycles. The van der Waals surface area contributed by atoms with Gasteiger partial charge in [0.25, 0.3) is 5.91 Å². The van der Waals surface area contributed by atoms with E-state index >= 15 is 0 Å². The number of para-hydroxylation sites is 1. The van der Waals surface area contributed by atoms with Crippen LogP contribution >= 0.6 is 0 Å². The minimum atomic E-state index is -0.303. The number of hydrogen-bond donors (Lipinski definition) is 1. The number of halogens is 1. The summed E-state index contributed by atoms with van der Waals surface area (Å²) in [5.74, 6) is 0.211. The molecule has 0 spiro atoms. The van der Waals surface area contributed by atoms with E-state index in [0.29, 0.717) is 35.9 Å². The van der Waals surface area contributed by atoms with E-state index in [1.807, 2.05) is 27.0 Å². The van der Waals surface area contributed by atoms with Crippen LogP contribution in [0.3, 0.4) is 0 Å². The Morgan fingerprint density at radius 3 is 2.79 bits per heavy atom. The zero-order chi connectivity index (χ0) is 24.2. The van der Waals surface area contributed by atoms with Crippen molar-refractivity contribution >= 4 is 22.6 Å². The number of H-pyrrole nitrogens is 1. The molecule has 0 bridgehead atoms. The predicted octanol–water partition coefficient (Wildman–Crippen LogP) is 4.58. The number of furan rings is 1. The summed E-state index contributed by atoms with van der Waals surface area (Å²) >= 11 is 0. The fraction of sp³-hybridized carbons (Fsp3) is 0.240. The molecular weight excluding hydrogens is 437 g/mol. The number of carbonyl (C=O) groups is 1. The molecule has 0 fully saturated rings. The van der Waals surface area contributed by atoms with Gasteiger partial charge >= 0.3 is 0 Å². The van der Waals surface area contributed by atoms with Crippen LogP contribution in [0.2, 0.25) is 0 Å². The first-order valence-corrected chi connectivity index (χ1v) is 10.8. The maximum atomic E-state index is 12.9. The first-order chi connectivity index (χ1) is 16.3. The smallest absolute Gasteiger partial charge is 0.289 e. The summed E-state index contributed by atoms with van der Waals surface area (Å²) in [5.41, 5.74) is 3.75. The number of rotatable bonds is 4. The number of allylic oxidation sites excluding steroid dienone is 1. The maximum Gasteiger partial charge on any atom is 0.289 e. The predicted molar refractivity (Wildman–Crippen MR) is 126 cm³/mol. The first-order valence-electron chi connectivity index (χ1n) is 10.8. The third-order valence-electron chi connectivity index (χ3n) is 5.36. The number of carbonyl (C=O) groups excluding carboxylic acids is 1. The van der Waals surface area contributed by atoms with Crippen LogP contribution in [0.25, 0.3) is 16.7 Å². The van der Waals surface area contributed by atoms with Crippen LogP contribution in [0.15, 0.2) is 71.7 Å². The Morgan fingerprint density at radius 1 is 1.26 bits per heavy atom. The monoisotopic (exact) mass is 463 g/mol. The van der Waals surface area contributed by atoms with Crippen molar-refractivity contribution in [2.45, 2.75) is 26.8 Å². The van der Waals surface area contributed by atoms with Gasteiger partial charge in [-0.2, -0.15) is 0 Å². The largest absolute Gasteiger partial charge is 0.461 e. The van der Waals surface area contributed by atoms with E-state index in [4.69, 9.17) is 9.15 Å². The average Bonchev–Trinajstić information content (AvgIpc) is 3.57. The van der Waals surface area contributed by atoms with E-state index in [1.54, 1.807) is 40.5 Å². The number of fused-ring (bicyclic) bond motifs is 2. The number of benzene rings is 1. The van der Waals surface area contributed by atoms with Gasteiger partial charge in [0.05, 0.1) is 36.9 Å². The van der Waals surface area contributed by atoms with Crippen LogP contribution in [0, 0.1) is 5.82 Å². The van der Waals surface area contributed by atoms with Crippen LogP contribution in [0.1, 0.15) is 30.9 Å². The fourth-order valence-electron chi connectivity index (χ4n) is 3.58. The van der Waals surface area contributed by atoms with Gasteiger partial charge in [-0.1, -0.05) is 18.7 Å². The van der Waals surface area contributed by atoms with Gasteiger partial charge < -0.3 is 23.6 Å². The topological polar surface area (TPSA) is 89.2 Å². The van der Waals surface area contributed by atoms with Gasteiger partial charge in [0.1, 0.15) is 11.5 Å². The number of nitrogens with one attached hydrogen (secondary N) is 1. The van der Waals surface area contributed by atoms with Crippen LogP contribution in [0.5, 0.6) is 0 Å². The standard InChI is InChI=1S/C17H21N5O2.C8H5FO/c1-11(2)16(24-12(3)14-7-21(4)10-20-14)17(23)22-6-5-13-15(8-22)19-9-18-13;9-7-3-1-2-6-4-5-10-8(6)7/h7,9-10H,3,5-6,8H2,1-2,4H3,(H,18,19);1-5H. The van der Waals surface area contributed by atoms with E-state index in [1.165, 1.54) is 12.3 Å². The Hall–Kier alpha value is -4.14. The van der Waals surface area contributed by atoms with Gasteiger partial charge in [-0.15, -0.1) is 0 Å². The summed E-state index contributed by atoms with van der Waals surface area (Å²) in [6, 6.07) is 6.58. The molecule has 0 radical (unpaired) electrons. The molecule has 1 amide bonds. The number of amides is 1. The van der Waals surface area contributed by atoms with E-state index < -0.39 is 0 Å². The van der Waals surface area contributed by atoms with Crippen molar-refractivity contribution in [1.29, 1.82) is 0 Å². The van der Waals surface area contributed by atoms with Crippen molar-refractivity contribution in [2.75, 3.05) is 6.54 Å². The molecule has 9 heteroatoms. The molecule has 0 aliphatic carbocycles. The average molecular weight is 464 g/mol. The second-order valence-corrected chi connectivity index (χ2v) is 8.16. The Labute approximate surface area is 196 Å². The summed E-state index contributed by atoms with van der Waals surface area (Å²) in [6.45, 7) is 8.72. The number of ether oxygens (including phenoxy) is 1. The lowest BCUT2D eigenvalue weighted by atomic mass is 10.1. The molecule has 5 rings (SSSR count). The molecule has 4 aromatic rings. The maximum absolute atomic E-state index is 12.9. The van der Waals surface area contributed by atoms with Gasteiger partial charge in [0.2, 0.25) is 0 Å². The zero-order valence-electron chi connectivity index (χ0n) is 19.3. The number of aryl methyl sites for hydroxylation is 1. The van der Waals surface area contributed by atoms with E-state index in [2.05, 4.69) is 21.5 Å². The third kappa shape index (κ3) is 4.93. The molecule has 8 nitrogen and oxygen atoms in total. The van der Waals surface area contributed by atoms with Gasteiger partial charge in [-0.3, -0.25) is 4.79 Å². The molecule has 1 aliphatic rings. The van der Waals surface area contributed by atoms with Gasteiger partial charge in [0.15, 0.2) is 17.2 Å². The summed E-state index contributed by atoms with van der Waals surface area (Å²) in [6.07, 6.45) is 7.35. The summed E-state index contributed by atoms with van der Waals surface area (Å²) in [4.78, 5) is 26.2. The highest BCUT2D eigenvalue weighted by Crippen LogP contribution is 2.23. The SMILES string of the molecule is C=C(OC(C(=O)N1CCc2nc[nH]c2C1)=C(C)C)c1cn(C)cn1.Fc1cccc2ccoc12. The Bertz CT molecular complexity index is 1360. The number of nitrogens with zero attached hydrogens (tertiary/aromatic N) is 4. The lowest BCUT2D eigenvalue weighted by molar-refractivity contribution is -0.130. The molecule has 1 N–H and O–H groups in total. The van der Waals surface area contributed by atoms with Crippen molar-refractivity contribution in [2.24, 2.45) is 7.05 Å². The molecule has 3 aromatic heterocycles. The number of aromatic nitrogens is 4. The molecule has 0 atom stereocenters. The summed E-state index contributed by atoms with van der Waals surface area (Å²) in [7, 11) is 1.87. The Kier molecular flexibility index (Phi) is 6.62. The van der Waals surface area contributed by atoms with Gasteiger partial charge in [0, 0.05) is 31.6 Å². The quantitative estimate of drug-likeness (QED) is 0.353. The van der Waals surface area contributed by atoms with Crippen molar-refractivity contribution in [3.05, 3.63) is 90.2 Å². The van der Waals surface area contributed by atoms with Crippen molar-refractivity contribution in [3.63, 3.8) is 0 Å². The second kappa shape index (κ2) is 9.78. The van der Waals surface area contributed by atoms with Crippen molar-refractivity contribution in [1.82, 2.24) is 24.4 Å². The highest BCUT2D eigenvalue weighted by atomic mass is 19.1. The molecule has 34 heavy (non-hydrogen) atoms. The molecule has 1 aliphatic heterocycles. The van der Waals surface area contributed by atoms with Crippen LogP contribution in [-0.2, 0) is 29.5 Å². The fourth-order valence-corrected chi connectivity index (χ4v) is 3.58. The minimum absolute atomic E-state index is 0.146. The van der Waals surface area contributed by atoms with E-state index in [0.717, 1.165) is 28.8 Å². The minimum Gasteiger partial charge on any atom is -0.461 e. The normalized spacial score (nSPS) is 12.5. The number of imidazole rings is 2. The Morgan fingerprint density at radius 2 is 2.09 bits per heavy atom.